The van der Waals surface area contributed by atoms with Gasteiger partial charge in [0.05, 0.1) is 5.57 Å². The zero-order chi connectivity index (χ0) is 8.97. The zero-order valence-electron chi connectivity index (χ0n) is 7.07. The number of thiazole rings is 1. The summed E-state index contributed by atoms with van der Waals surface area (Å²) in [6, 6.07) is 0. The maximum absolute atomic E-state index is 10.5. The van der Waals surface area contributed by atoms with E-state index in [4.69, 9.17) is 0 Å². The van der Waals surface area contributed by atoms with E-state index in [1.807, 2.05) is 30.3 Å². The molecule has 0 fully saturated rings. The van der Waals surface area contributed by atoms with Crippen LogP contribution >= 0.6 is 11.3 Å². The lowest BCUT2D eigenvalue weighted by atomic mass is 10.3. The highest BCUT2D eigenvalue weighted by Gasteiger charge is 2.05. The predicted octanol–water partition coefficient (Wildman–Crippen LogP) is 0.920. The van der Waals surface area contributed by atoms with Crippen molar-refractivity contribution < 1.29 is 4.79 Å². The van der Waals surface area contributed by atoms with E-state index in [2.05, 4.69) is 4.98 Å². The Balaban J connectivity index is 2.79. The molecule has 0 spiro atoms. The third kappa shape index (κ3) is 2.27. The van der Waals surface area contributed by atoms with Gasteiger partial charge in [0.1, 0.15) is 10.9 Å². The molecule has 64 valence electrons. The monoisotopic (exact) mass is 182 g/mol. The fourth-order valence-corrected chi connectivity index (χ4v) is 1.45. The van der Waals surface area contributed by atoms with E-state index in [0.717, 1.165) is 5.01 Å². The molecule has 0 radical (unpaired) electrons. The Morgan fingerprint density at radius 2 is 2.50 bits per heavy atom. The summed E-state index contributed by atoms with van der Waals surface area (Å²) in [6.45, 7) is 0.594. The van der Waals surface area contributed by atoms with Gasteiger partial charge in [-0.2, -0.15) is 0 Å². The van der Waals surface area contributed by atoms with Crippen LogP contribution in [0.3, 0.4) is 0 Å². The summed E-state index contributed by atoms with van der Waals surface area (Å²) in [5, 5.41) is 2.61. The molecule has 0 atom stereocenters. The Morgan fingerprint density at radius 3 is 2.92 bits per heavy atom. The first-order chi connectivity index (χ1) is 5.74. The van der Waals surface area contributed by atoms with Crippen molar-refractivity contribution in [3.8, 4) is 0 Å². The van der Waals surface area contributed by atoms with Crippen LogP contribution in [0.1, 0.15) is 5.01 Å². The second kappa shape index (κ2) is 4.16. The number of hydrogen-bond donors (Lipinski definition) is 0. The van der Waals surface area contributed by atoms with E-state index in [9.17, 15) is 4.79 Å². The van der Waals surface area contributed by atoms with Crippen molar-refractivity contribution in [2.45, 2.75) is 0 Å². The molecule has 3 nitrogen and oxygen atoms in total. The molecule has 0 aliphatic rings. The Kier molecular flexibility index (Phi) is 3.17. The molecule has 0 aliphatic heterocycles. The van der Waals surface area contributed by atoms with Crippen LogP contribution in [0.2, 0.25) is 0 Å². The van der Waals surface area contributed by atoms with E-state index in [1.165, 1.54) is 11.3 Å². The summed E-state index contributed by atoms with van der Waals surface area (Å²) in [5.41, 5.74) is 0.620. The minimum atomic E-state index is 0.594. The molecule has 0 amide bonds. The number of rotatable bonds is 3. The van der Waals surface area contributed by atoms with Gasteiger partial charge in [0.15, 0.2) is 0 Å². The van der Waals surface area contributed by atoms with Crippen molar-refractivity contribution in [2.75, 3.05) is 20.6 Å². The Bertz CT molecular complexity index is 286. The first-order valence-electron chi connectivity index (χ1n) is 3.52. The number of carbonyl (C=O) groups excluding carboxylic acids is 1. The van der Waals surface area contributed by atoms with Crippen molar-refractivity contribution in [1.82, 2.24) is 9.88 Å². The number of likely N-dealkylation sites (N-methyl/N-ethyl adjacent to an activating group) is 1. The van der Waals surface area contributed by atoms with Gasteiger partial charge in [-0.3, -0.25) is 0 Å². The number of aromatic nitrogens is 1. The van der Waals surface area contributed by atoms with Crippen molar-refractivity contribution in [3.63, 3.8) is 0 Å². The summed E-state index contributed by atoms with van der Waals surface area (Å²) < 4.78 is 0. The smallest absolute Gasteiger partial charge is 0.132 e. The molecule has 0 aromatic carbocycles. The van der Waals surface area contributed by atoms with Gasteiger partial charge >= 0.3 is 0 Å². The highest BCUT2D eigenvalue weighted by Crippen LogP contribution is 2.14. The van der Waals surface area contributed by atoms with Crippen LogP contribution in [0, 0.1) is 0 Å². The van der Waals surface area contributed by atoms with Crippen LogP contribution in [0.25, 0.3) is 5.57 Å². The SMILES string of the molecule is CN(C)CC(=C=O)c1nccs1. The summed E-state index contributed by atoms with van der Waals surface area (Å²) in [4.78, 5) is 16.5. The minimum Gasteiger partial charge on any atom is -0.304 e. The molecule has 1 aromatic rings. The Labute approximate surface area is 75.3 Å². The third-order valence-corrected chi connectivity index (χ3v) is 2.12. The van der Waals surface area contributed by atoms with Gasteiger partial charge < -0.3 is 4.90 Å². The highest BCUT2D eigenvalue weighted by atomic mass is 32.1. The van der Waals surface area contributed by atoms with E-state index in [0.29, 0.717) is 12.1 Å². The van der Waals surface area contributed by atoms with Crippen molar-refractivity contribution in [2.24, 2.45) is 0 Å². The first kappa shape index (κ1) is 9.13. The van der Waals surface area contributed by atoms with Crippen molar-refractivity contribution in [1.29, 1.82) is 0 Å². The van der Waals surface area contributed by atoms with Crippen LogP contribution in [0.5, 0.6) is 0 Å². The normalized spacial score (nSPS) is 9.92. The summed E-state index contributed by atoms with van der Waals surface area (Å²) >= 11 is 1.46. The van der Waals surface area contributed by atoms with E-state index in [-0.39, 0.29) is 0 Å². The van der Waals surface area contributed by atoms with Crippen LogP contribution in [0.4, 0.5) is 0 Å². The van der Waals surface area contributed by atoms with Gasteiger partial charge in [-0.1, -0.05) is 0 Å². The van der Waals surface area contributed by atoms with Crippen molar-refractivity contribution in [3.05, 3.63) is 16.6 Å². The second-order valence-electron chi connectivity index (χ2n) is 2.66. The third-order valence-electron chi connectivity index (χ3n) is 1.29. The van der Waals surface area contributed by atoms with E-state index >= 15 is 0 Å². The lowest BCUT2D eigenvalue weighted by Gasteiger charge is -2.07. The predicted molar refractivity (Wildman–Crippen MR) is 49.8 cm³/mol. The van der Waals surface area contributed by atoms with Crippen LogP contribution in [-0.2, 0) is 4.79 Å². The molecule has 0 N–H and O–H groups in total. The maximum atomic E-state index is 10.5. The van der Waals surface area contributed by atoms with Gasteiger partial charge in [0.2, 0.25) is 0 Å². The molecule has 0 saturated heterocycles. The summed E-state index contributed by atoms with van der Waals surface area (Å²) in [5.74, 6) is 1.91. The summed E-state index contributed by atoms with van der Waals surface area (Å²) in [6.07, 6.45) is 1.69. The Hall–Kier alpha value is -0.960. The quantitative estimate of drug-likeness (QED) is 0.652. The molecule has 0 aliphatic carbocycles. The average Bonchev–Trinajstić information content (AvgIpc) is 2.51. The average molecular weight is 182 g/mol. The van der Waals surface area contributed by atoms with E-state index in [1.54, 1.807) is 6.20 Å². The second-order valence-corrected chi connectivity index (χ2v) is 3.55. The molecular weight excluding hydrogens is 172 g/mol. The molecule has 0 saturated carbocycles. The van der Waals surface area contributed by atoms with Crippen molar-refractivity contribution >= 4 is 22.9 Å². The molecule has 4 heteroatoms. The van der Waals surface area contributed by atoms with Gasteiger partial charge in [-0.05, 0) is 14.1 Å². The van der Waals surface area contributed by atoms with E-state index < -0.39 is 0 Å². The minimum absolute atomic E-state index is 0.594. The van der Waals surface area contributed by atoms with Crippen LogP contribution in [0.15, 0.2) is 11.6 Å². The van der Waals surface area contributed by atoms with Gasteiger partial charge in [0.25, 0.3) is 0 Å². The number of nitrogens with zero attached hydrogens (tertiary/aromatic N) is 2. The first-order valence-corrected chi connectivity index (χ1v) is 4.40. The fraction of sp³-hybridized carbons (Fsp3) is 0.375. The highest BCUT2D eigenvalue weighted by molar-refractivity contribution is 7.10. The van der Waals surface area contributed by atoms with Gasteiger partial charge in [-0.25, -0.2) is 9.78 Å². The number of hydrogen-bond acceptors (Lipinski definition) is 4. The molecule has 12 heavy (non-hydrogen) atoms. The lowest BCUT2D eigenvalue weighted by Crippen LogP contribution is -2.14. The zero-order valence-corrected chi connectivity index (χ0v) is 7.89. The van der Waals surface area contributed by atoms with Gasteiger partial charge in [-0.15, -0.1) is 11.3 Å². The summed E-state index contributed by atoms with van der Waals surface area (Å²) in [7, 11) is 3.82. The van der Waals surface area contributed by atoms with Gasteiger partial charge in [0, 0.05) is 18.1 Å². The molecule has 0 unspecified atom stereocenters. The topological polar surface area (TPSA) is 33.2 Å². The van der Waals surface area contributed by atoms with Crippen LogP contribution in [-0.4, -0.2) is 36.5 Å². The van der Waals surface area contributed by atoms with Crippen LogP contribution < -0.4 is 0 Å². The molecule has 0 bridgehead atoms. The standard InChI is InChI=1S/C8H10N2OS/c1-10(2)5-7(6-11)8-9-3-4-12-8/h3-4H,5H2,1-2H3. The fourth-order valence-electron chi connectivity index (χ4n) is 0.832. The lowest BCUT2D eigenvalue weighted by molar-refractivity contribution is 0.462. The molecule has 1 heterocycles. The maximum Gasteiger partial charge on any atom is 0.132 e. The Morgan fingerprint density at radius 1 is 1.75 bits per heavy atom. The molecule has 1 rings (SSSR count). The molecule has 1 aromatic heterocycles. The largest absolute Gasteiger partial charge is 0.304 e. The molecular formula is C8H10N2OS.